The third-order valence-corrected chi connectivity index (χ3v) is 2.65. The fourth-order valence-corrected chi connectivity index (χ4v) is 1.87. The van der Waals surface area contributed by atoms with E-state index in [-0.39, 0.29) is 0 Å². The smallest absolute Gasteiger partial charge is 0.123 e. The van der Waals surface area contributed by atoms with E-state index in [0.29, 0.717) is 0 Å². The minimum Gasteiger partial charge on any atom is -0.241 e. The second kappa shape index (κ2) is 3.07. The van der Waals surface area contributed by atoms with Crippen LogP contribution in [0.3, 0.4) is 0 Å². The van der Waals surface area contributed by atoms with E-state index in [1.54, 1.807) is 11.3 Å². The Bertz CT molecular complexity index is 364. The SMILES string of the molecule is Cc1csc(-c2ccccc2)n1. The maximum atomic E-state index is 4.40. The van der Waals surface area contributed by atoms with Crippen LogP contribution in [0.25, 0.3) is 10.6 Å². The molecule has 1 aromatic carbocycles. The lowest BCUT2D eigenvalue weighted by atomic mass is 10.2. The van der Waals surface area contributed by atoms with E-state index in [0.717, 1.165) is 10.7 Å². The highest BCUT2D eigenvalue weighted by atomic mass is 32.1. The Morgan fingerprint density at radius 3 is 2.50 bits per heavy atom. The van der Waals surface area contributed by atoms with Crippen molar-refractivity contribution in [3.05, 3.63) is 41.4 Å². The van der Waals surface area contributed by atoms with Gasteiger partial charge >= 0.3 is 0 Å². The van der Waals surface area contributed by atoms with Gasteiger partial charge in [0, 0.05) is 16.6 Å². The highest BCUT2D eigenvalue weighted by Gasteiger charge is 1.99. The Morgan fingerprint density at radius 2 is 1.92 bits per heavy atom. The number of hydrogen-bond acceptors (Lipinski definition) is 2. The summed E-state index contributed by atoms with van der Waals surface area (Å²) in [5.74, 6) is 0. The molecule has 0 aliphatic heterocycles. The van der Waals surface area contributed by atoms with Gasteiger partial charge in [0.1, 0.15) is 5.01 Å². The molecule has 0 spiro atoms. The zero-order valence-corrected chi connectivity index (χ0v) is 7.64. The lowest BCUT2D eigenvalue weighted by Crippen LogP contribution is -1.74. The first-order chi connectivity index (χ1) is 5.86. The predicted molar refractivity (Wildman–Crippen MR) is 52.3 cm³/mol. The van der Waals surface area contributed by atoms with Crippen LogP contribution in [0.15, 0.2) is 35.7 Å². The third-order valence-electron chi connectivity index (χ3n) is 1.64. The number of hydrogen-bond donors (Lipinski definition) is 0. The van der Waals surface area contributed by atoms with Crippen LogP contribution in [0.5, 0.6) is 0 Å². The van der Waals surface area contributed by atoms with Crippen molar-refractivity contribution < 1.29 is 0 Å². The second-order valence-corrected chi connectivity index (χ2v) is 3.52. The zero-order valence-electron chi connectivity index (χ0n) is 6.82. The Hall–Kier alpha value is -1.15. The fraction of sp³-hybridized carbons (Fsp3) is 0.100. The minimum atomic E-state index is 1.10. The van der Waals surface area contributed by atoms with Crippen molar-refractivity contribution in [3.63, 3.8) is 0 Å². The van der Waals surface area contributed by atoms with Crippen LogP contribution in [0.4, 0.5) is 0 Å². The maximum Gasteiger partial charge on any atom is 0.123 e. The molecule has 1 nitrogen and oxygen atoms in total. The lowest BCUT2D eigenvalue weighted by Gasteiger charge is -1.92. The van der Waals surface area contributed by atoms with Crippen LogP contribution in [-0.4, -0.2) is 4.98 Å². The van der Waals surface area contributed by atoms with E-state index in [9.17, 15) is 0 Å². The molecule has 2 rings (SSSR count). The normalized spacial score (nSPS) is 10.1. The summed E-state index contributed by atoms with van der Waals surface area (Å²) in [6, 6.07) is 10.2. The summed E-state index contributed by atoms with van der Waals surface area (Å²) in [5.41, 5.74) is 2.30. The molecule has 60 valence electrons. The standard InChI is InChI=1S/C10H9NS/c1-8-7-12-10(11-8)9-5-3-2-4-6-9/h2-7H,1H3. The summed E-state index contributed by atoms with van der Waals surface area (Å²) < 4.78 is 0. The molecule has 0 saturated carbocycles. The molecule has 0 unspecified atom stereocenters. The molecule has 0 aliphatic rings. The lowest BCUT2D eigenvalue weighted by molar-refractivity contribution is 1.27. The van der Waals surface area contributed by atoms with Crippen molar-refractivity contribution in [1.29, 1.82) is 0 Å². The molecule has 0 radical (unpaired) electrons. The van der Waals surface area contributed by atoms with Crippen molar-refractivity contribution in [2.75, 3.05) is 0 Å². The molecule has 0 N–H and O–H groups in total. The van der Waals surface area contributed by atoms with Gasteiger partial charge in [0.2, 0.25) is 0 Å². The first-order valence-corrected chi connectivity index (χ1v) is 4.72. The Kier molecular flexibility index (Phi) is 1.92. The van der Waals surface area contributed by atoms with Crippen molar-refractivity contribution in [2.45, 2.75) is 6.92 Å². The van der Waals surface area contributed by atoms with Crippen molar-refractivity contribution in [3.8, 4) is 10.6 Å². The number of aromatic nitrogens is 1. The first-order valence-electron chi connectivity index (χ1n) is 3.84. The van der Waals surface area contributed by atoms with Gasteiger partial charge in [-0.15, -0.1) is 11.3 Å². The third kappa shape index (κ3) is 1.38. The molecule has 0 bridgehead atoms. The number of thiazole rings is 1. The van der Waals surface area contributed by atoms with Crippen molar-refractivity contribution in [1.82, 2.24) is 4.98 Å². The molecule has 0 amide bonds. The molecule has 2 aromatic rings. The Morgan fingerprint density at radius 1 is 1.17 bits per heavy atom. The molecule has 2 heteroatoms. The summed E-state index contributed by atoms with van der Waals surface area (Å²) >= 11 is 1.69. The minimum absolute atomic E-state index is 1.10. The average Bonchev–Trinajstić information content (AvgIpc) is 2.54. The average molecular weight is 175 g/mol. The Labute approximate surface area is 75.7 Å². The summed E-state index contributed by atoms with van der Waals surface area (Å²) in [6.45, 7) is 2.02. The van der Waals surface area contributed by atoms with Gasteiger partial charge in [-0.3, -0.25) is 0 Å². The van der Waals surface area contributed by atoms with Crippen LogP contribution in [0.1, 0.15) is 5.69 Å². The number of aryl methyl sites for hydroxylation is 1. The van der Waals surface area contributed by atoms with Gasteiger partial charge in [0.05, 0.1) is 0 Å². The van der Waals surface area contributed by atoms with Gasteiger partial charge in [-0.25, -0.2) is 4.98 Å². The van der Waals surface area contributed by atoms with Gasteiger partial charge in [0.25, 0.3) is 0 Å². The summed E-state index contributed by atoms with van der Waals surface area (Å²) in [4.78, 5) is 4.40. The molecule has 0 aliphatic carbocycles. The van der Waals surface area contributed by atoms with E-state index in [2.05, 4.69) is 22.5 Å². The highest BCUT2D eigenvalue weighted by Crippen LogP contribution is 2.22. The quantitative estimate of drug-likeness (QED) is 0.649. The topological polar surface area (TPSA) is 12.9 Å². The van der Waals surface area contributed by atoms with Gasteiger partial charge in [0.15, 0.2) is 0 Å². The van der Waals surface area contributed by atoms with Crippen LogP contribution in [-0.2, 0) is 0 Å². The number of rotatable bonds is 1. The van der Waals surface area contributed by atoms with Crippen LogP contribution in [0.2, 0.25) is 0 Å². The first kappa shape index (κ1) is 7.50. The summed E-state index contributed by atoms with van der Waals surface area (Å²) in [6.07, 6.45) is 0. The van der Waals surface area contributed by atoms with Gasteiger partial charge in [-0.2, -0.15) is 0 Å². The molecule has 0 fully saturated rings. The Balaban J connectivity index is 2.45. The van der Waals surface area contributed by atoms with E-state index in [1.807, 2.05) is 25.1 Å². The number of nitrogens with zero attached hydrogens (tertiary/aromatic N) is 1. The van der Waals surface area contributed by atoms with Crippen molar-refractivity contribution in [2.24, 2.45) is 0 Å². The van der Waals surface area contributed by atoms with E-state index in [1.165, 1.54) is 5.56 Å². The molecular weight excluding hydrogens is 166 g/mol. The summed E-state index contributed by atoms with van der Waals surface area (Å²) in [7, 11) is 0. The summed E-state index contributed by atoms with van der Waals surface area (Å²) in [5, 5.41) is 3.18. The molecular formula is C10H9NS. The van der Waals surface area contributed by atoms with E-state index in [4.69, 9.17) is 0 Å². The second-order valence-electron chi connectivity index (χ2n) is 2.66. The molecule has 12 heavy (non-hydrogen) atoms. The highest BCUT2D eigenvalue weighted by molar-refractivity contribution is 7.13. The fourth-order valence-electron chi connectivity index (χ4n) is 1.07. The van der Waals surface area contributed by atoms with Gasteiger partial charge < -0.3 is 0 Å². The molecule has 0 atom stereocenters. The van der Waals surface area contributed by atoms with Gasteiger partial charge in [-0.1, -0.05) is 30.3 Å². The van der Waals surface area contributed by atoms with E-state index < -0.39 is 0 Å². The molecule has 1 aromatic heterocycles. The molecule has 0 saturated heterocycles. The largest absolute Gasteiger partial charge is 0.241 e. The number of benzene rings is 1. The molecule has 1 heterocycles. The monoisotopic (exact) mass is 175 g/mol. The van der Waals surface area contributed by atoms with E-state index >= 15 is 0 Å². The van der Waals surface area contributed by atoms with Crippen molar-refractivity contribution >= 4 is 11.3 Å². The van der Waals surface area contributed by atoms with Gasteiger partial charge in [-0.05, 0) is 6.92 Å². The van der Waals surface area contributed by atoms with Crippen LogP contribution >= 0.6 is 11.3 Å². The maximum absolute atomic E-state index is 4.40. The van der Waals surface area contributed by atoms with Crippen LogP contribution in [0, 0.1) is 6.92 Å². The predicted octanol–water partition coefficient (Wildman–Crippen LogP) is 3.12. The van der Waals surface area contributed by atoms with Crippen LogP contribution < -0.4 is 0 Å². The zero-order chi connectivity index (χ0) is 8.39.